The molecular formula is C57H40N2. The van der Waals surface area contributed by atoms with Crippen LogP contribution >= 0.6 is 0 Å². The molecule has 0 aliphatic carbocycles. The summed E-state index contributed by atoms with van der Waals surface area (Å²) in [5, 5.41) is 11.5. The maximum Gasteiger partial charge on any atom is 0.0523 e. The molecule has 2 heteroatoms. The first-order valence-electron chi connectivity index (χ1n) is 20.4. The van der Waals surface area contributed by atoms with Crippen LogP contribution in [0.3, 0.4) is 0 Å². The van der Waals surface area contributed by atoms with Gasteiger partial charge in [0.15, 0.2) is 0 Å². The number of para-hydroxylation sites is 2. The van der Waals surface area contributed by atoms with Gasteiger partial charge in [0, 0.05) is 38.9 Å². The van der Waals surface area contributed by atoms with E-state index in [4.69, 9.17) is 0 Å². The Labute approximate surface area is 345 Å². The van der Waals surface area contributed by atoms with Gasteiger partial charge in [-0.3, -0.25) is 0 Å². The molecule has 1 aliphatic heterocycles. The molecule has 0 amide bonds. The molecule has 10 aromatic carbocycles. The number of nitrogens with zero attached hydrogens (tertiary/aromatic N) is 2. The minimum atomic E-state index is -0.244. The van der Waals surface area contributed by atoms with Gasteiger partial charge in [-0.25, -0.2) is 0 Å². The van der Waals surface area contributed by atoms with Crippen molar-refractivity contribution in [3.8, 4) is 0 Å². The van der Waals surface area contributed by atoms with Crippen LogP contribution in [0.2, 0.25) is 0 Å². The molecule has 278 valence electrons. The summed E-state index contributed by atoms with van der Waals surface area (Å²) in [6.07, 6.45) is 0. The van der Waals surface area contributed by atoms with Gasteiger partial charge >= 0.3 is 0 Å². The summed E-state index contributed by atoms with van der Waals surface area (Å²) >= 11 is 0. The third-order valence-electron chi connectivity index (χ3n) is 12.2. The molecule has 0 N–H and O–H groups in total. The number of fused-ring (bicyclic) bond motifs is 10. The molecule has 0 saturated heterocycles. The van der Waals surface area contributed by atoms with E-state index in [9.17, 15) is 0 Å². The number of rotatable bonds is 4. The summed E-state index contributed by atoms with van der Waals surface area (Å²) in [5.74, 6) is 0. The molecule has 0 radical (unpaired) electrons. The van der Waals surface area contributed by atoms with E-state index in [0.717, 1.165) is 55.1 Å². The Morgan fingerprint density at radius 2 is 0.864 bits per heavy atom. The van der Waals surface area contributed by atoms with E-state index in [0.29, 0.717) is 0 Å². The summed E-state index contributed by atoms with van der Waals surface area (Å²) in [6.45, 7) is 4.74. The molecule has 10 aromatic rings. The second-order valence-electron chi connectivity index (χ2n) is 16.0. The van der Waals surface area contributed by atoms with Gasteiger partial charge in [-0.2, -0.15) is 0 Å². The van der Waals surface area contributed by atoms with Crippen LogP contribution in [0.4, 0.5) is 34.1 Å². The van der Waals surface area contributed by atoms with Crippen LogP contribution in [0.5, 0.6) is 0 Å². The minimum Gasteiger partial charge on any atom is -0.310 e. The average Bonchev–Trinajstić information content (AvgIpc) is 3.29. The van der Waals surface area contributed by atoms with Crippen molar-refractivity contribution in [1.29, 1.82) is 0 Å². The summed E-state index contributed by atoms with van der Waals surface area (Å²) in [5.41, 5.74) is 9.13. The Morgan fingerprint density at radius 1 is 0.373 bits per heavy atom. The van der Waals surface area contributed by atoms with Crippen LogP contribution < -0.4 is 9.80 Å². The monoisotopic (exact) mass is 752 g/mol. The van der Waals surface area contributed by atoms with Crippen molar-refractivity contribution in [3.63, 3.8) is 0 Å². The second-order valence-corrected chi connectivity index (χ2v) is 16.0. The van der Waals surface area contributed by atoms with Crippen molar-refractivity contribution in [2.45, 2.75) is 19.3 Å². The zero-order valence-electron chi connectivity index (χ0n) is 33.0. The van der Waals surface area contributed by atoms with E-state index in [-0.39, 0.29) is 5.41 Å². The first-order valence-corrected chi connectivity index (χ1v) is 20.4. The number of hydrogen-bond acceptors (Lipinski definition) is 2. The molecule has 1 heterocycles. The van der Waals surface area contributed by atoms with Gasteiger partial charge in [0.05, 0.1) is 11.4 Å². The van der Waals surface area contributed by atoms with Gasteiger partial charge in [-0.05, 0) is 127 Å². The van der Waals surface area contributed by atoms with Crippen LogP contribution in [0.1, 0.15) is 25.0 Å². The fraction of sp³-hybridized carbons (Fsp3) is 0.0526. The Hall–Kier alpha value is -7.60. The first kappa shape index (κ1) is 34.6. The maximum atomic E-state index is 3.55. The van der Waals surface area contributed by atoms with Crippen molar-refractivity contribution in [2.75, 3.05) is 9.80 Å². The summed E-state index contributed by atoms with van der Waals surface area (Å²) < 4.78 is 0. The summed E-state index contributed by atoms with van der Waals surface area (Å²) in [7, 11) is 0. The molecule has 0 atom stereocenters. The summed E-state index contributed by atoms with van der Waals surface area (Å²) in [6, 6.07) is 82.0. The highest BCUT2D eigenvalue weighted by Crippen LogP contribution is 2.54. The zero-order chi connectivity index (χ0) is 39.5. The Balaban J connectivity index is 1.20. The molecule has 0 bridgehead atoms. The molecule has 11 rings (SSSR count). The van der Waals surface area contributed by atoms with Crippen LogP contribution in [-0.2, 0) is 5.41 Å². The van der Waals surface area contributed by atoms with E-state index in [1.807, 2.05) is 0 Å². The lowest BCUT2D eigenvalue weighted by Gasteiger charge is -2.43. The molecule has 0 fully saturated rings. The van der Waals surface area contributed by atoms with Gasteiger partial charge in [0.25, 0.3) is 0 Å². The maximum absolute atomic E-state index is 3.55. The lowest BCUT2D eigenvalue weighted by molar-refractivity contribution is 0.633. The number of hydrogen-bond donors (Lipinski definition) is 0. The topological polar surface area (TPSA) is 6.48 Å². The summed E-state index contributed by atoms with van der Waals surface area (Å²) in [4.78, 5) is 4.88. The van der Waals surface area contributed by atoms with Crippen LogP contribution in [0.15, 0.2) is 206 Å². The standard InChI is InChI=1S/C57H40N2/c1-57(2)53-34-32-46(38-56(53)59(44-23-7-4-8-24-44)55-36-42-20-10-9-19-41(42)35-54(55)57)58(43-21-5-3-6-22-43)45-31-33-51-48-26-14-12-18-40(48)30-29-39-17-11-13-25-47(39)49-27-15-16-28-50(49)52(51)37-45/h3-28,31-38H,1-2H3. The van der Waals surface area contributed by atoms with E-state index < -0.39 is 0 Å². The number of anilines is 6. The molecule has 0 unspecified atom stereocenters. The molecule has 0 aromatic heterocycles. The third kappa shape index (κ3) is 5.74. The van der Waals surface area contributed by atoms with Crippen molar-refractivity contribution in [1.82, 2.24) is 0 Å². The molecule has 2 nitrogen and oxygen atoms in total. The van der Waals surface area contributed by atoms with Gasteiger partial charge in [-0.15, -0.1) is 0 Å². The molecular weight excluding hydrogens is 713 g/mol. The normalized spacial score (nSPS) is 12.9. The molecule has 0 saturated carbocycles. The van der Waals surface area contributed by atoms with E-state index in [1.165, 1.54) is 44.0 Å². The minimum absolute atomic E-state index is 0.244. The van der Waals surface area contributed by atoms with E-state index >= 15 is 0 Å². The highest BCUT2D eigenvalue weighted by molar-refractivity contribution is 6.19. The lowest BCUT2D eigenvalue weighted by atomic mass is 9.73. The largest absolute Gasteiger partial charge is 0.310 e. The fourth-order valence-electron chi connectivity index (χ4n) is 9.31. The van der Waals surface area contributed by atoms with Crippen LogP contribution in [-0.4, -0.2) is 0 Å². The van der Waals surface area contributed by atoms with Crippen LogP contribution in [0, 0.1) is 12.1 Å². The Bertz CT molecular complexity index is 3310. The van der Waals surface area contributed by atoms with Gasteiger partial charge in [0.2, 0.25) is 0 Å². The predicted molar refractivity (Wildman–Crippen MR) is 251 cm³/mol. The lowest BCUT2D eigenvalue weighted by Crippen LogP contribution is -2.31. The van der Waals surface area contributed by atoms with Crippen LogP contribution in [0.25, 0.3) is 53.9 Å². The smallest absolute Gasteiger partial charge is 0.0523 e. The van der Waals surface area contributed by atoms with Gasteiger partial charge < -0.3 is 9.80 Å². The first-order chi connectivity index (χ1) is 29.0. The predicted octanol–water partition coefficient (Wildman–Crippen LogP) is 15.8. The highest BCUT2D eigenvalue weighted by Gasteiger charge is 2.38. The van der Waals surface area contributed by atoms with Crippen molar-refractivity contribution in [2.24, 2.45) is 0 Å². The van der Waals surface area contributed by atoms with Crippen molar-refractivity contribution < 1.29 is 0 Å². The van der Waals surface area contributed by atoms with Gasteiger partial charge in [0.1, 0.15) is 0 Å². The number of benzene rings is 9. The van der Waals surface area contributed by atoms with E-state index in [1.54, 1.807) is 0 Å². The van der Waals surface area contributed by atoms with Gasteiger partial charge in [-0.1, -0.05) is 159 Å². The fourth-order valence-corrected chi connectivity index (χ4v) is 9.31. The quantitative estimate of drug-likeness (QED) is 0.177. The Morgan fingerprint density at radius 3 is 1.54 bits per heavy atom. The molecule has 59 heavy (non-hydrogen) atoms. The van der Waals surface area contributed by atoms with Crippen molar-refractivity contribution in [3.05, 3.63) is 230 Å². The second kappa shape index (κ2) is 13.8. The third-order valence-corrected chi connectivity index (χ3v) is 12.2. The molecule has 1 aliphatic rings. The SMILES string of the molecule is CC1(C)c2ccc(N(c3ccccc3)c3ccc4c5ccccc5c#cc5ccccc5c5ccccc5c4c3)cc2N(c2ccccc2)c2cc3ccccc3cc21. The van der Waals surface area contributed by atoms with E-state index in [2.05, 4.69) is 242 Å². The average molecular weight is 753 g/mol. The highest BCUT2D eigenvalue weighted by atomic mass is 15.2. The Kier molecular flexibility index (Phi) is 8.10. The zero-order valence-corrected chi connectivity index (χ0v) is 33.0. The molecule has 0 spiro atoms. The van der Waals surface area contributed by atoms with Crippen molar-refractivity contribution >= 4 is 88.0 Å².